The Hall–Kier alpha value is -2.71. The number of carbonyl (C=O) groups is 2. The molecule has 1 amide bonds. The molecule has 1 aliphatic rings. The second-order valence-electron chi connectivity index (χ2n) is 7.96. The Labute approximate surface area is 183 Å². The molecule has 1 N–H and O–H groups in total. The second kappa shape index (κ2) is 9.20. The van der Waals surface area contributed by atoms with Crippen LogP contribution in [0.2, 0.25) is 0 Å². The van der Waals surface area contributed by atoms with Gasteiger partial charge in [-0.3, -0.25) is 4.79 Å². The number of aryl methyl sites for hydroxylation is 3. The van der Waals surface area contributed by atoms with Crippen LogP contribution in [0.4, 0.5) is 5.69 Å². The number of amides is 1. The van der Waals surface area contributed by atoms with Crippen LogP contribution in [-0.4, -0.2) is 44.8 Å². The van der Waals surface area contributed by atoms with E-state index in [1.54, 1.807) is 38.1 Å². The van der Waals surface area contributed by atoms with E-state index in [0.29, 0.717) is 41.1 Å². The van der Waals surface area contributed by atoms with Gasteiger partial charge >= 0.3 is 5.97 Å². The van der Waals surface area contributed by atoms with E-state index < -0.39 is 21.9 Å². The van der Waals surface area contributed by atoms with Crippen LogP contribution < -0.4 is 5.32 Å². The molecule has 1 heterocycles. The molecule has 1 saturated heterocycles. The SMILES string of the molecule is COC(=O)c1ccccc1NC(=O)C1CCCN(S(=O)(=O)c2c(C)cc(C)cc2C)C1. The third-order valence-corrected chi connectivity index (χ3v) is 7.72. The van der Waals surface area contributed by atoms with Crippen molar-refractivity contribution in [3.63, 3.8) is 0 Å². The summed E-state index contributed by atoms with van der Waals surface area (Å²) in [6.45, 7) is 6.00. The van der Waals surface area contributed by atoms with Crippen LogP contribution in [0, 0.1) is 26.7 Å². The van der Waals surface area contributed by atoms with Gasteiger partial charge in [0.15, 0.2) is 0 Å². The topological polar surface area (TPSA) is 92.8 Å². The van der Waals surface area contributed by atoms with Gasteiger partial charge in [-0.05, 0) is 56.9 Å². The Morgan fingerprint density at radius 3 is 2.39 bits per heavy atom. The van der Waals surface area contributed by atoms with Crippen molar-refractivity contribution in [2.45, 2.75) is 38.5 Å². The summed E-state index contributed by atoms with van der Waals surface area (Å²) in [6.07, 6.45) is 1.16. The zero-order chi connectivity index (χ0) is 22.8. The summed E-state index contributed by atoms with van der Waals surface area (Å²) in [4.78, 5) is 25.2. The molecule has 2 aromatic carbocycles. The largest absolute Gasteiger partial charge is 0.465 e. The van der Waals surface area contributed by atoms with Gasteiger partial charge in [0.05, 0.1) is 29.2 Å². The Balaban J connectivity index is 1.81. The maximum absolute atomic E-state index is 13.4. The Bertz CT molecular complexity index is 1090. The monoisotopic (exact) mass is 444 g/mol. The molecule has 1 unspecified atom stereocenters. The summed E-state index contributed by atoms with van der Waals surface area (Å²) in [5.41, 5.74) is 3.02. The van der Waals surface area contributed by atoms with E-state index in [4.69, 9.17) is 4.74 Å². The molecule has 0 aliphatic carbocycles. The number of ether oxygens (including phenoxy) is 1. The smallest absolute Gasteiger partial charge is 0.339 e. The van der Waals surface area contributed by atoms with E-state index in [1.165, 1.54) is 11.4 Å². The standard InChI is InChI=1S/C23H28N2O5S/c1-15-12-16(2)21(17(3)13-15)31(28,29)25-11-7-8-18(14-25)22(26)24-20-10-6-5-9-19(20)23(27)30-4/h5-6,9-10,12-13,18H,7-8,11,14H2,1-4H3,(H,24,26). The maximum atomic E-state index is 13.4. The fourth-order valence-corrected chi connectivity index (χ4v) is 6.13. The average molecular weight is 445 g/mol. The number of para-hydroxylation sites is 1. The highest BCUT2D eigenvalue weighted by Crippen LogP contribution is 2.29. The van der Waals surface area contributed by atoms with E-state index >= 15 is 0 Å². The van der Waals surface area contributed by atoms with E-state index in [1.807, 2.05) is 19.1 Å². The van der Waals surface area contributed by atoms with Crippen LogP contribution in [0.3, 0.4) is 0 Å². The number of anilines is 1. The molecule has 1 fully saturated rings. The quantitative estimate of drug-likeness (QED) is 0.713. The fraction of sp³-hybridized carbons (Fsp3) is 0.391. The van der Waals surface area contributed by atoms with Gasteiger partial charge in [-0.1, -0.05) is 29.8 Å². The molecule has 0 spiro atoms. The van der Waals surface area contributed by atoms with E-state index in [-0.39, 0.29) is 18.0 Å². The van der Waals surface area contributed by atoms with Gasteiger partial charge in [0.2, 0.25) is 15.9 Å². The summed E-state index contributed by atoms with van der Waals surface area (Å²) in [5, 5.41) is 2.78. The zero-order valence-corrected chi connectivity index (χ0v) is 19.1. The van der Waals surface area contributed by atoms with Crippen LogP contribution >= 0.6 is 0 Å². The molecule has 8 heteroatoms. The highest BCUT2D eigenvalue weighted by Gasteiger charge is 2.35. The summed E-state index contributed by atoms with van der Waals surface area (Å²) < 4.78 is 32.9. The number of rotatable bonds is 5. The van der Waals surface area contributed by atoms with Crippen molar-refractivity contribution in [2.75, 3.05) is 25.5 Å². The number of benzene rings is 2. The van der Waals surface area contributed by atoms with Crippen molar-refractivity contribution in [3.05, 3.63) is 58.7 Å². The fourth-order valence-electron chi connectivity index (χ4n) is 4.19. The first-order valence-corrected chi connectivity index (χ1v) is 11.7. The van der Waals surface area contributed by atoms with Crippen molar-refractivity contribution < 1.29 is 22.7 Å². The van der Waals surface area contributed by atoms with Gasteiger partial charge in [-0.15, -0.1) is 0 Å². The number of hydrogen-bond donors (Lipinski definition) is 1. The van der Waals surface area contributed by atoms with Gasteiger partial charge in [-0.2, -0.15) is 4.31 Å². The molecule has 3 rings (SSSR count). The van der Waals surface area contributed by atoms with Crippen molar-refractivity contribution in [1.82, 2.24) is 4.31 Å². The van der Waals surface area contributed by atoms with Gasteiger partial charge in [-0.25, -0.2) is 13.2 Å². The van der Waals surface area contributed by atoms with Crippen LogP contribution in [0.1, 0.15) is 39.9 Å². The number of esters is 1. The zero-order valence-electron chi connectivity index (χ0n) is 18.3. The molecular weight excluding hydrogens is 416 g/mol. The van der Waals surface area contributed by atoms with Crippen LogP contribution in [0.5, 0.6) is 0 Å². The highest BCUT2D eigenvalue weighted by atomic mass is 32.2. The lowest BCUT2D eigenvalue weighted by Crippen LogP contribution is -2.44. The molecule has 0 aromatic heterocycles. The third kappa shape index (κ3) is 4.80. The summed E-state index contributed by atoms with van der Waals surface area (Å²) >= 11 is 0. The minimum absolute atomic E-state index is 0.0985. The molecule has 7 nitrogen and oxygen atoms in total. The summed E-state index contributed by atoms with van der Waals surface area (Å²) in [7, 11) is -2.45. The number of piperidine rings is 1. The summed E-state index contributed by atoms with van der Waals surface area (Å²) in [6, 6.07) is 10.3. The molecule has 0 saturated carbocycles. The molecular formula is C23H28N2O5S. The number of nitrogens with one attached hydrogen (secondary N) is 1. The van der Waals surface area contributed by atoms with Crippen molar-refractivity contribution in [1.29, 1.82) is 0 Å². The normalized spacial score (nSPS) is 17.2. The Morgan fingerprint density at radius 2 is 1.74 bits per heavy atom. The van der Waals surface area contributed by atoms with Crippen LogP contribution in [0.25, 0.3) is 0 Å². The van der Waals surface area contributed by atoms with Crippen molar-refractivity contribution in [2.24, 2.45) is 5.92 Å². The first-order valence-electron chi connectivity index (χ1n) is 10.2. The number of hydrogen-bond acceptors (Lipinski definition) is 5. The van der Waals surface area contributed by atoms with Crippen molar-refractivity contribution >= 4 is 27.6 Å². The first kappa shape index (κ1) is 23.0. The highest BCUT2D eigenvalue weighted by molar-refractivity contribution is 7.89. The van der Waals surface area contributed by atoms with E-state index in [2.05, 4.69) is 5.32 Å². The molecule has 1 atom stereocenters. The Morgan fingerprint density at radius 1 is 1.10 bits per heavy atom. The van der Waals surface area contributed by atoms with Gasteiger partial charge < -0.3 is 10.1 Å². The minimum Gasteiger partial charge on any atom is -0.465 e. The predicted octanol–water partition coefficient (Wildman–Crippen LogP) is 3.44. The molecule has 2 aromatic rings. The Kier molecular flexibility index (Phi) is 6.81. The van der Waals surface area contributed by atoms with E-state index in [0.717, 1.165) is 5.56 Å². The molecule has 1 aliphatic heterocycles. The molecule has 0 bridgehead atoms. The first-order chi connectivity index (χ1) is 14.6. The number of sulfonamides is 1. The third-order valence-electron chi connectivity index (χ3n) is 5.55. The van der Waals surface area contributed by atoms with Crippen molar-refractivity contribution in [3.8, 4) is 0 Å². The number of carbonyl (C=O) groups excluding carboxylic acids is 2. The van der Waals surface area contributed by atoms with E-state index in [9.17, 15) is 18.0 Å². The lowest BCUT2D eigenvalue weighted by Gasteiger charge is -2.32. The minimum atomic E-state index is -3.73. The number of methoxy groups -OCH3 is 1. The lowest BCUT2D eigenvalue weighted by molar-refractivity contribution is -0.120. The number of nitrogens with zero attached hydrogens (tertiary/aromatic N) is 1. The van der Waals surface area contributed by atoms with Crippen LogP contribution in [-0.2, 0) is 19.6 Å². The van der Waals surface area contributed by atoms with Gasteiger partial charge in [0.1, 0.15) is 0 Å². The van der Waals surface area contributed by atoms with Gasteiger partial charge in [0, 0.05) is 13.1 Å². The maximum Gasteiger partial charge on any atom is 0.339 e. The van der Waals surface area contributed by atoms with Gasteiger partial charge in [0.25, 0.3) is 0 Å². The molecule has 31 heavy (non-hydrogen) atoms. The second-order valence-corrected chi connectivity index (χ2v) is 9.83. The summed E-state index contributed by atoms with van der Waals surface area (Å²) in [5.74, 6) is -1.37. The average Bonchev–Trinajstić information content (AvgIpc) is 2.72. The predicted molar refractivity (Wildman–Crippen MR) is 119 cm³/mol. The molecule has 166 valence electrons. The van der Waals surface area contributed by atoms with Crippen LogP contribution in [0.15, 0.2) is 41.3 Å². The lowest BCUT2D eigenvalue weighted by atomic mass is 9.98. The molecule has 0 radical (unpaired) electrons.